The number of rotatable bonds is 2. The molecule has 0 spiro atoms. The van der Waals surface area contributed by atoms with Gasteiger partial charge in [0.1, 0.15) is 5.69 Å². The highest BCUT2D eigenvalue weighted by molar-refractivity contribution is 9.10. The monoisotopic (exact) mass is 382 g/mol. The van der Waals surface area contributed by atoms with Crippen molar-refractivity contribution in [3.8, 4) is 22.4 Å². The lowest BCUT2D eigenvalue weighted by atomic mass is 10.0. The van der Waals surface area contributed by atoms with Crippen LogP contribution in [0.3, 0.4) is 0 Å². The van der Waals surface area contributed by atoms with E-state index in [0.717, 1.165) is 10.0 Å². The third-order valence-corrected chi connectivity index (χ3v) is 4.30. The topological polar surface area (TPSA) is 52.0 Å². The Labute approximate surface area is 139 Å². The number of nitrogens with two attached hydrogens (primary N) is 1. The van der Waals surface area contributed by atoms with Gasteiger partial charge in [0.15, 0.2) is 0 Å². The van der Waals surface area contributed by atoms with Crippen LogP contribution in [-0.2, 0) is 0 Å². The van der Waals surface area contributed by atoms with Crippen LogP contribution < -0.4 is 5.73 Å². The quantitative estimate of drug-likeness (QED) is 0.621. The zero-order valence-electron chi connectivity index (χ0n) is 10.6. The first kappa shape index (κ1) is 14.4. The molecule has 0 aliphatic carbocycles. The van der Waals surface area contributed by atoms with Crippen LogP contribution in [0.1, 0.15) is 0 Å². The second kappa shape index (κ2) is 5.72. The predicted molar refractivity (Wildman–Crippen MR) is 89.5 cm³/mol. The third-order valence-electron chi connectivity index (χ3n) is 3.05. The molecule has 0 unspecified atom stereocenters. The Kier molecular flexibility index (Phi) is 3.93. The van der Waals surface area contributed by atoms with Crippen LogP contribution >= 0.6 is 39.1 Å². The van der Waals surface area contributed by atoms with E-state index in [-0.39, 0.29) is 5.88 Å². The Morgan fingerprint density at radius 3 is 2.57 bits per heavy atom. The second-order valence-corrected chi connectivity index (χ2v) is 6.07. The van der Waals surface area contributed by atoms with E-state index in [0.29, 0.717) is 26.9 Å². The van der Waals surface area contributed by atoms with Gasteiger partial charge in [-0.15, -0.1) is 0 Å². The highest BCUT2D eigenvalue weighted by Crippen LogP contribution is 2.42. The molecule has 3 nitrogen and oxygen atoms in total. The van der Waals surface area contributed by atoms with E-state index in [4.69, 9.17) is 33.5 Å². The maximum atomic E-state index is 6.25. The Balaban J connectivity index is 2.27. The average Bonchev–Trinajstić information content (AvgIpc) is 2.84. The summed E-state index contributed by atoms with van der Waals surface area (Å²) in [6.45, 7) is 0. The summed E-state index contributed by atoms with van der Waals surface area (Å²) in [5.41, 5.74) is 8.74. The van der Waals surface area contributed by atoms with Crippen molar-refractivity contribution in [1.29, 1.82) is 0 Å². The molecule has 3 rings (SSSR count). The third kappa shape index (κ3) is 2.67. The lowest BCUT2D eigenvalue weighted by Gasteiger charge is -2.07. The van der Waals surface area contributed by atoms with Gasteiger partial charge >= 0.3 is 0 Å². The van der Waals surface area contributed by atoms with Crippen molar-refractivity contribution < 1.29 is 4.52 Å². The van der Waals surface area contributed by atoms with Gasteiger partial charge in [0.05, 0.1) is 10.6 Å². The molecule has 0 bridgehead atoms. The van der Waals surface area contributed by atoms with Crippen molar-refractivity contribution in [1.82, 2.24) is 5.16 Å². The SMILES string of the molecule is Nc1onc(-c2cc(Cl)ccc2Cl)c1-c1ccccc1Br. The van der Waals surface area contributed by atoms with Crippen molar-refractivity contribution >= 4 is 45.0 Å². The summed E-state index contributed by atoms with van der Waals surface area (Å²) in [7, 11) is 0. The first-order valence-electron chi connectivity index (χ1n) is 6.03. The van der Waals surface area contributed by atoms with Crippen molar-refractivity contribution in [2.24, 2.45) is 0 Å². The van der Waals surface area contributed by atoms with Gasteiger partial charge in [-0.3, -0.25) is 0 Å². The average molecular weight is 384 g/mol. The lowest BCUT2D eigenvalue weighted by Crippen LogP contribution is -1.89. The molecule has 0 amide bonds. The predicted octanol–water partition coefficient (Wildman–Crippen LogP) is 5.66. The first-order valence-corrected chi connectivity index (χ1v) is 7.58. The fourth-order valence-electron chi connectivity index (χ4n) is 2.09. The molecule has 1 aromatic heterocycles. The maximum Gasteiger partial charge on any atom is 0.230 e. The minimum absolute atomic E-state index is 0.230. The molecule has 2 aromatic carbocycles. The van der Waals surface area contributed by atoms with Crippen LogP contribution in [0.25, 0.3) is 22.4 Å². The van der Waals surface area contributed by atoms with Gasteiger partial charge in [-0.2, -0.15) is 0 Å². The van der Waals surface area contributed by atoms with Gasteiger partial charge < -0.3 is 10.3 Å². The van der Waals surface area contributed by atoms with Crippen molar-refractivity contribution in [3.63, 3.8) is 0 Å². The normalized spacial score (nSPS) is 10.8. The Hall–Kier alpha value is -1.49. The number of anilines is 1. The molecule has 2 N–H and O–H groups in total. The smallest absolute Gasteiger partial charge is 0.230 e. The molecule has 0 saturated carbocycles. The summed E-state index contributed by atoms with van der Waals surface area (Å²) in [6, 6.07) is 12.9. The Morgan fingerprint density at radius 1 is 1.05 bits per heavy atom. The molecule has 0 saturated heterocycles. The van der Waals surface area contributed by atoms with Crippen molar-refractivity contribution in [2.45, 2.75) is 0 Å². The fraction of sp³-hybridized carbons (Fsp3) is 0. The van der Waals surface area contributed by atoms with Crippen molar-refractivity contribution in [2.75, 3.05) is 5.73 Å². The minimum atomic E-state index is 0.230. The maximum absolute atomic E-state index is 6.25. The van der Waals surface area contributed by atoms with Crippen molar-refractivity contribution in [3.05, 3.63) is 57.0 Å². The number of halogens is 3. The van der Waals surface area contributed by atoms with E-state index in [1.807, 2.05) is 24.3 Å². The Bertz CT molecular complexity index is 817. The molecule has 0 aliphatic heterocycles. The van der Waals surface area contributed by atoms with Crippen LogP contribution in [0.5, 0.6) is 0 Å². The van der Waals surface area contributed by atoms with Crippen LogP contribution in [0.2, 0.25) is 10.0 Å². The summed E-state index contributed by atoms with van der Waals surface area (Å²) in [5.74, 6) is 0.230. The number of aromatic nitrogens is 1. The minimum Gasteiger partial charge on any atom is -0.367 e. The summed E-state index contributed by atoms with van der Waals surface area (Å²) < 4.78 is 6.05. The molecule has 0 fully saturated rings. The number of nitrogens with zero attached hydrogens (tertiary/aromatic N) is 1. The molecule has 21 heavy (non-hydrogen) atoms. The van der Waals surface area contributed by atoms with Gasteiger partial charge in [0.25, 0.3) is 0 Å². The zero-order valence-corrected chi connectivity index (χ0v) is 13.7. The van der Waals surface area contributed by atoms with E-state index >= 15 is 0 Å². The number of hydrogen-bond donors (Lipinski definition) is 1. The summed E-state index contributed by atoms with van der Waals surface area (Å²) in [4.78, 5) is 0. The molecule has 0 aliphatic rings. The van der Waals surface area contributed by atoms with Crippen LogP contribution in [0.15, 0.2) is 51.5 Å². The summed E-state index contributed by atoms with van der Waals surface area (Å²) in [5, 5.41) is 5.13. The van der Waals surface area contributed by atoms with Gasteiger partial charge in [-0.25, -0.2) is 0 Å². The van der Waals surface area contributed by atoms with E-state index < -0.39 is 0 Å². The number of nitrogen functional groups attached to an aromatic ring is 1. The van der Waals surface area contributed by atoms with Gasteiger partial charge in [-0.1, -0.05) is 62.5 Å². The molecule has 1 heterocycles. The van der Waals surface area contributed by atoms with E-state index in [1.165, 1.54) is 0 Å². The van der Waals surface area contributed by atoms with Crippen LogP contribution in [0, 0.1) is 0 Å². The first-order chi connectivity index (χ1) is 10.1. The lowest BCUT2D eigenvalue weighted by molar-refractivity contribution is 0.439. The highest BCUT2D eigenvalue weighted by atomic mass is 79.9. The van der Waals surface area contributed by atoms with Gasteiger partial charge in [0.2, 0.25) is 5.88 Å². The number of hydrogen-bond acceptors (Lipinski definition) is 3. The van der Waals surface area contributed by atoms with Crippen LogP contribution in [-0.4, -0.2) is 5.16 Å². The molecular formula is C15H9BrCl2N2O. The molecular weight excluding hydrogens is 375 g/mol. The van der Waals surface area contributed by atoms with Gasteiger partial charge in [0, 0.05) is 20.6 Å². The summed E-state index contributed by atoms with van der Waals surface area (Å²) in [6.07, 6.45) is 0. The van der Waals surface area contributed by atoms with Gasteiger partial charge in [-0.05, 0) is 24.3 Å². The molecule has 0 radical (unpaired) electrons. The highest BCUT2D eigenvalue weighted by Gasteiger charge is 2.21. The molecule has 0 atom stereocenters. The number of benzene rings is 2. The standard InChI is InChI=1S/C15H9BrCl2N2O/c16-11-4-2-1-3-9(11)13-14(20-21-15(13)19)10-7-8(17)5-6-12(10)18/h1-7H,19H2. The molecule has 6 heteroatoms. The second-order valence-electron chi connectivity index (χ2n) is 4.37. The van der Waals surface area contributed by atoms with E-state index in [9.17, 15) is 0 Å². The summed E-state index contributed by atoms with van der Waals surface area (Å²) >= 11 is 15.8. The fourth-order valence-corrected chi connectivity index (χ4v) is 2.95. The van der Waals surface area contributed by atoms with E-state index in [1.54, 1.807) is 18.2 Å². The zero-order chi connectivity index (χ0) is 15.0. The molecule has 3 aromatic rings. The molecule has 106 valence electrons. The largest absolute Gasteiger partial charge is 0.367 e. The Morgan fingerprint density at radius 2 is 1.81 bits per heavy atom. The van der Waals surface area contributed by atoms with Crippen LogP contribution in [0.4, 0.5) is 5.88 Å². The van der Waals surface area contributed by atoms with E-state index in [2.05, 4.69) is 21.1 Å².